The number of amides is 1. The van der Waals surface area contributed by atoms with Crippen LogP contribution in [0.25, 0.3) is 0 Å². The van der Waals surface area contributed by atoms with Gasteiger partial charge >= 0.3 is 0 Å². The zero-order chi connectivity index (χ0) is 12.6. The maximum absolute atomic E-state index is 11.3. The second-order valence-corrected chi connectivity index (χ2v) is 5.07. The highest BCUT2D eigenvalue weighted by molar-refractivity contribution is 5.77. The molecule has 0 spiro atoms. The van der Waals surface area contributed by atoms with Gasteiger partial charge in [-0.05, 0) is 37.9 Å². The molecule has 16 heavy (non-hydrogen) atoms. The molecule has 0 aromatic rings. The molecule has 0 aliphatic heterocycles. The molecule has 0 bridgehead atoms. The SMILES string of the molecule is CCCN(CCC(C)(C)CN)CC(=O)NC. The Morgan fingerprint density at radius 2 is 2.00 bits per heavy atom. The topological polar surface area (TPSA) is 58.4 Å². The molecule has 1 amide bonds. The highest BCUT2D eigenvalue weighted by Crippen LogP contribution is 2.18. The van der Waals surface area contributed by atoms with Gasteiger partial charge in [-0.3, -0.25) is 9.69 Å². The van der Waals surface area contributed by atoms with Crippen LogP contribution in [0.2, 0.25) is 0 Å². The average Bonchev–Trinajstić information content (AvgIpc) is 2.26. The van der Waals surface area contributed by atoms with E-state index in [2.05, 4.69) is 31.0 Å². The minimum absolute atomic E-state index is 0.0824. The fourth-order valence-corrected chi connectivity index (χ4v) is 1.43. The lowest BCUT2D eigenvalue weighted by Crippen LogP contribution is -2.38. The Hall–Kier alpha value is -0.610. The third kappa shape index (κ3) is 6.80. The van der Waals surface area contributed by atoms with Crippen molar-refractivity contribution in [2.75, 3.05) is 33.2 Å². The molecule has 4 heteroatoms. The van der Waals surface area contributed by atoms with E-state index >= 15 is 0 Å². The van der Waals surface area contributed by atoms with E-state index in [0.717, 1.165) is 25.9 Å². The summed E-state index contributed by atoms with van der Waals surface area (Å²) in [6.45, 7) is 9.54. The van der Waals surface area contributed by atoms with Gasteiger partial charge in [0.15, 0.2) is 0 Å². The molecular weight excluding hydrogens is 202 g/mol. The molecular formula is C12H27N3O. The number of hydrogen-bond acceptors (Lipinski definition) is 3. The van der Waals surface area contributed by atoms with E-state index in [1.807, 2.05) is 0 Å². The number of carbonyl (C=O) groups excluding carboxylic acids is 1. The molecule has 0 radical (unpaired) electrons. The van der Waals surface area contributed by atoms with Crippen LogP contribution in [-0.2, 0) is 4.79 Å². The first-order chi connectivity index (χ1) is 7.45. The van der Waals surface area contributed by atoms with Crippen molar-refractivity contribution in [2.24, 2.45) is 11.1 Å². The van der Waals surface area contributed by atoms with Crippen molar-refractivity contribution in [3.8, 4) is 0 Å². The monoisotopic (exact) mass is 229 g/mol. The van der Waals surface area contributed by atoms with Gasteiger partial charge in [0, 0.05) is 7.05 Å². The third-order valence-corrected chi connectivity index (χ3v) is 2.84. The molecule has 0 saturated carbocycles. The van der Waals surface area contributed by atoms with E-state index in [1.165, 1.54) is 0 Å². The minimum Gasteiger partial charge on any atom is -0.358 e. The minimum atomic E-state index is 0.0824. The van der Waals surface area contributed by atoms with Crippen LogP contribution in [0.3, 0.4) is 0 Å². The maximum Gasteiger partial charge on any atom is 0.233 e. The lowest BCUT2D eigenvalue weighted by molar-refractivity contribution is -0.121. The van der Waals surface area contributed by atoms with Gasteiger partial charge in [-0.1, -0.05) is 20.8 Å². The zero-order valence-corrected chi connectivity index (χ0v) is 11.2. The van der Waals surface area contributed by atoms with Crippen LogP contribution < -0.4 is 11.1 Å². The molecule has 4 nitrogen and oxygen atoms in total. The van der Waals surface area contributed by atoms with E-state index in [1.54, 1.807) is 7.05 Å². The predicted molar refractivity (Wildman–Crippen MR) is 68.3 cm³/mol. The van der Waals surface area contributed by atoms with Gasteiger partial charge in [0.05, 0.1) is 6.54 Å². The van der Waals surface area contributed by atoms with Crippen molar-refractivity contribution in [1.82, 2.24) is 10.2 Å². The summed E-state index contributed by atoms with van der Waals surface area (Å²) in [7, 11) is 1.68. The van der Waals surface area contributed by atoms with Gasteiger partial charge in [0.2, 0.25) is 5.91 Å². The number of likely N-dealkylation sites (N-methyl/N-ethyl adjacent to an activating group) is 1. The summed E-state index contributed by atoms with van der Waals surface area (Å²) in [6.07, 6.45) is 2.10. The highest BCUT2D eigenvalue weighted by Gasteiger charge is 2.17. The number of nitrogens with two attached hydrogens (primary N) is 1. The van der Waals surface area contributed by atoms with Gasteiger partial charge < -0.3 is 11.1 Å². The van der Waals surface area contributed by atoms with E-state index in [-0.39, 0.29) is 11.3 Å². The van der Waals surface area contributed by atoms with Crippen molar-refractivity contribution in [3.05, 3.63) is 0 Å². The van der Waals surface area contributed by atoms with Gasteiger partial charge in [-0.2, -0.15) is 0 Å². The number of carbonyl (C=O) groups is 1. The Kier molecular flexibility index (Phi) is 7.34. The Morgan fingerprint density at radius 3 is 2.44 bits per heavy atom. The van der Waals surface area contributed by atoms with E-state index in [9.17, 15) is 4.79 Å². The first kappa shape index (κ1) is 15.4. The van der Waals surface area contributed by atoms with Gasteiger partial charge in [-0.15, -0.1) is 0 Å². The summed E-state index contributed by atoms with van der Waals surface area (Å²) in [5.74, 6) is 0.0824. The Morgan fingerprint density at radius 1 is 1.38 bits per heavy atom. The quantitative estimate of drug-likeness (QED) is 0.648. The number of nitrogens with zero attached hydrogens (tertiary/aromatic N) is 1. The standard InChI is InChI=1S/C12H27N3O/c1-5-7-15(9-11(16)14-4)8-6-12(2,3)10-13/h5-10,13H2,1-4H3,(H,14,16). The molecule has 0 rings (SSSR count). The molecule has 0 aliphatic carbocycles. The molecule has 96 valence electrons. The fourth-order valence-electron chi connectivity index (χ4n) is 1.43. The molecule has 0 unspecified atom stereocenters. The van der Waals surface area contributed by atoms with Gasteiger partial charge in [-0.25, -0.2) is 0 Å². The second-order valence-electron chi connectivity index (χ2n) is 5.07. The predicted octanol–water partition coefficient (Wildman–Crippen LogP) is 0.819. The van der Waals surface area contributed by atoms with Crippen molar-refractivity contribution in [3.63, 3.8) is 0 Å². The van der Waals surface area contributed by atoms with Crippen molar-refractivity contribution in [2.45, 2.75) is 33.6 Å². The Labute approximate surface area is 99.6 Å². The molecule has 3 N–H and O–H groups in total. The molecule has 0 aromatic carbocycles. The van der Waals surface area contributed by atoms with Crippen LogP contribution in [0.4, 0.5) is 0 Å². The number of nitrogens with one attached hydrogen (secondary N) is 1. The molecule has 0 aromatic heterocycles. The fraction of sp³-hybridized carbons (Fsp3) is 0.917. The lowest BCUT2D eigenvalue weighted by atomic mass is 9.89. The maximum atomic E-state index is 11.3. The second kappa shape index (κ2) is 7.63. The van der Waals surface area contributed by atoms with E-state index < -0.39 is 0 Å². The summed E-state index contributed by atoms with van der Waals surface area (Å²) in [5, 5.41) is 2.66. The van der Waals surface area contributed by atoms with Gasteiger partial charge in [0.1, 0.15) is 0 Å². The van der Waals surface area contributed by atoms with Crippen molar-refractivity contribution < 1.29 is 4.79 Å². The van der Waals surface area contributed by atoms with Crippen LogP contribution in [0.5, 0.6) is 0 Å². The lowest BCUT2D eigenvalue weighted by Gasteiger charge is -2.27. The van der Waals surface area contributed by atoms with Crippen LogP contribution >= 0.6 is 0 Å². The molecule has 0 heterocycles. The summed E-state index contributed by atoms with van der Waals surface area (Å²) in [4.78, 5) is 13.5. The van der Waals surface area contributed by atoms with Crippen LogP contribution in [0.15, 0.2) is 0 Å². The number of hydrogen-bond donors (Lipinski definition) is 2. The van der Waals surface area contributed by atoms with Crippen LogP contribution in [0.1, 0.15) is 33.6 Å². The Bertz CT molecular complexity index is 204. The highest BCUT2D eigenvalue weighted by atomic mass is 16.1. The van der Waals surface area contributed by atoms with E-state index in [4.69, 9.17) is 5.73 Å². The molecule has 0 aliphatic rings. The largest absolute Gasteiger partial charge is 0.358 e. The smallest absolute Gasteiger partial charge is 0.233 e. The molecule has 0 fully saturated rings. The average molecular weight is 229 g/mol. The first-order valence-corrected chi connectivity index (χ1v) is 6.08. The molecule has 0 atom stereocenters. The van der Waals surface area contributed by atoms with Crippen LogP contribution in [0, 0.1) is 5.41 Å². The zero-order valence-electron chi connectivity index (χ0n) is 11.2. The summed E-state index contributed by atoms with van der Waals surface area (Å²) in [5.41, 5.74) is 5.86. The van der Waals surface area contributed by atoms with Crippen LogP contribution in [-0.4, -0.2) is 44.0 Å². The third-order valence-electron chi connectivity index (χ3n) is 2.84. The summed E-state index contributed by atoms with van der Waals surface area (Å²) >= 11 is 0. The normalized spacial score (nSPS) is 11.9. The van der Waals surface area contributed by atoms with E-state index in [0.29, 0.717) is 13.1 Å². The molecule has 0 saturated heterocycles. The first-order valence-electron chi connectivity index (χ1n) is 6.08. The van der Waals surface area contributed by atoms with Gasteiger partial charge in [0.25, 0.3) is 0 Å². The van der Waals surface area contributed by atoms with Crippen molar-refractivity contribution >= 4 is 5.91 Å². The van der Waals surface area contributed by atoms with Crippen molar-refractivity contribution in [1.29, 1.82) is 0 Å². The summed E-state index contributed by atoms with van der Waals surface area (Å²) in [6, 6.07) is 0. The number of rotatable bonds is 8. The summed E-state index contributed by atoms with van der Waals surface area (Å²) < 4.78 is 0. The Balaban J connectivity index is 4.07.